The average Bonchev–Trinajstić information content (AvgIpc) is 2.33. The number of hydrogen-bond acceptors (Lipinski definition) is 3. The fourth-order valence-corrected chi connectivity index (χ4v) is 2.72. The maximum absolute atomic E-state index is 12.4. The van der Waals surface area contributed by atoms with Crippen LogP contribution in [0.3, 0.4) is 0 Å². The molecule has 0 aromatic carbocycles. The minimum absolute atomic E-state index is 0.134. The van der Waals surface area contributed by atoms with Gasteiger partial charge in [0.1, 0.15) is 0 Å². The Morgan fingerprint density at radius 3 is 2.39 bits per heavy atom. The van der Waals surface area contributed by atoms with Crippen LogP contribution in [-0.2, 0) is 9.59 Å². The SMILES string of the molecule is CN1CCC(C(=O)N2CCC(C)(C)C(=O)C2)CC1. The van der Waals surface area contributed by atoms with Gasteiger partial charge < -0.3 is 9.80 Å². The highest BCUT2D eigenvalue weighted by Crippen LogP contribution is 2.28. The summed E-state index contributed by atoms with van der Waals surface area (Å²) in [5.74, 6) is 0.539. The molecule has 2 aliphatic rings. The molecule has 1 amide bonds. The molecule has 0 atom stereocenters. The number of piperidine rings is 2. The lowest BCUT2D eigenvalue weighted by atomic mass is 9.81. The summed E-state index contributed by atoms with van der Waals surface area (Å²) in [4.78, 5) is 28.4. The topological polar surface area (TPSA) is 40.6 Å². The second-order valence-electron chi connectivity index (χ2n) is 6.39. The molecule has 4 heteroatoms. The summed E-state index contributed by atoms with van der Waals surface area (Å²) in [7, 11) is 2.09. The number of rotatable bonds is 1. The largest absolute Gasteiger partial charge is 0.335 e. The van der Waals surface area contributed by atoms with Crippen molar-refractivity contribution in [2.75, 3.05) is 33.2 Å². The lowest BCUT2D eigenvalue weighted by Gasteiger charge is -2.38. The van der Waals surface area contributed by atoms with E-state index in [4.69, 9.17) is 0 Å². The van der Waals surface area contributed by atoms with Crippen LogP contribution in [0.5, 0.6) is 0 Å². The zero-order valence-electron chi connectivity index (χ0n) is 11.7. The third-order valence-electron chi connectivity index (χ3n) is 4.48. The monoisotopic (exact) mass is 252 g/mol. The van der Waals surface area contributed by atoms with E-state index in [2.05, 4.69) is 11.9 Å². The smallest absolute Gasteiger partial charge is 0.226 e. The number of hydrogen-bond donors (Lipinski definition) is 0. The molecule has 2 saturated heterocycles. The number of ketones is 1. The number of carbonyl (C=O) groups is 2. The first kappa shape index (κ1) is 13.5. The molecule has 0 aliphatic carbocycles. The van der Waals surface area contributed by atoms with Gasteiger partial charge in [0.2, 0.25) is 5.91 Å². The summed E-state index contributed by atoms with van der Waals surface area (Å²) in [5, 5.41) is 0. The molecule has 0 radical (unpaired) electrons. The summed E-state index contributed by atoms with van der Waals surface area (Å²) in [6, 6.07) is 0. The van der Waals surface area contributed by atoms with Crippen LogP contribution in [-0.4, -0.2) is 54.7 Å². The summed E-state index contributed by atoms with van der Waals surface area (Å²) in [6.45, 7) is 6.99. The van der Waals surface area contributed by atoms with Gasteiger partial charge in [-0.2, -0.15) is 0 Å². The third-order valence-corrected chi connectivity index (χ3v) is 4.48. The van der Waals surface area contributed by atoms with Gasteiger partial charge in [0.25, 0.3) is 0 Å². The van der Waals surface area contributed by atoms with Crippen molar-refractivity contribution in [3.8, 4) is 0 Å². The molecular weight excluding hydrogens is 228 g/mol. The Labute approximate surface area is 109 Å². The van der Waals surface area contributed by atoms with Crippen LogP contribution in [0, 0.1) is 11.3 Å². The van der Waals surface area contributed by atoms with Crippen molar-refractivity contribution >= 4 is 11.7 Å². The van der Waals surface area contributed by atoms with Crippen LogP contribution in [0.15, 0.2) is 0 Å². The van der Waals surface area contributed by atoms with Gasteiger partial charge in [-0.25, -0.2) is 0 Å². The van der Waals surface area contributed by atoms with E-state index in [0.29, 0.717) is 6.54 Å². The molecule has 0 spiro atoms. The molecule has 18 heavy (non-hydrogen) atoms. The van der Waals surface area contributed by atoms with Gasteiger partial charge in [0.05, 0.1) is 6.54 Å². The summed E-state index contributed by atoms with van der Waals surface area (Å²) in [6.07, 6.45) is 2.66. The zero-order valence-corrected chi connectivity index (χ0v) is 11.7. The number of nitrogens with zero attached hydrogens (tertiary/aromatic N) is 2. The van der Waals surface area contributed by atoms with Gasteiger partial charge >= 0.3 is 0 Å². The Bertz CT molecular complexity index is 344. The van der Waals surface area contributed by atoms with E-state index < -0.39 is 0 Å². The van der Waals surface area contributed by atoms with E-state index in [1.54, 1.807) is 4.90 Å². The number of Topliss-reactive ketones (excluding diaryl/α,β-unsaturated/α-hetero) is 1. The summed E-state index contributed by atoms with van der Waals surface area (Å²) >= 11 is 0. The lowest BCUT2D eigenvalue weighted by molar-refractivity contribution is -0.146. The van der Waals surface area contributed by atoms with Gasteiger partial charge in [-0.15, -0.1) is 0 Å². The van der Waals surface area contributed by atoms with Crippen molar-refractivity contribution in [3.63, 3.8) is 0 Å². The highest BCUT2D eigenvalue weighted by molar-refractivity contribution is 5.91. The normalized spacial score (nSPS) is 26.4. The first-order chi connectivity index (χ1) is 8.40. The Kier molecular flexibility index (Phi) is 3.76. The predicted octanol–water partition coefficient (Wildman–Crippen LogP) is 1.16. The number of carbonyl (C=O) groups excluding carboxylic acids is 2. The molecule has 0 bridgehead atoms. The molecule has 2 rings (SSSR count). The summed E-state index contributed by atoms with van der Waals surface area (Å²) in [5.41, 5.74) is -0.246. The predicted molar refractivity (Wildman–Crippen MR) is 70.2 cm³/mol. The minimum atomic E-state index is -0.246. The van der Waals surface area contributed by atoms with Crippen molar-refractivity contribution in [1.29, 1.82) is 0 Å². The molecule has 2 fully saturated rings. The van der Waals surface area contributed by atoms with Crippen LogP contribution >= 0.6 is 0 Å². The Hall–Kier alpha value is -0.900. The fraction of sp³-hybridized carbons (Fsp3) is 0.857. The molecule has 0 aromatic rings. The van der Waals surface area contributed by atoms with E-state index in [1.807, 2.05) is 13.8 Å². The van der Waals surface area contributed by atoms with Crippen molar-refractivity contribution in [1.82, 2.24) is 9.80 Å². The van der Waals surface area contributed by atoms with Crippen LogP contribution in [0.2, 0.25) is 0 Å². The van der Waals surface area contributed by atoms with E-state index in [9.17, 15) is 9.59 Å². The van der Waals surface area contributed by atoms with Crippen molar-refractivity contribution in [3.05, 3.63) is 0 Å². The van der Waals surface area contributed by atoms with Crippen LogP contribution in [0.4, 0.5) is 0 Å². The van der Waals surface area contributed by atoms with Gasteiger partial charge in [-0.1, -0.05) is 13.8 Å². The quantitative estimate of drug-likeness (QED) is 0.703. The molecular formula is C14H24N2O2. The van der Waals surface area contributed by atoms with Crippen molar-refractivity contribution < 1.29 is 9.59 Å². The Morgan fingerprint density at radius 1 is 1.22 bits per heavy atom. The van der Waals surface area contributed by atoms with Gasteiger partial charge in [0, 0.05) is 17.9 Å². The first-order valence-corrected chi connectivity index (χ1v) is 6.91. The number of likely N-dealkylation sites (tertiary alicyclic amines) is 2. The van der Waals surface area contributed by atoms with E-state index in [-0.39, 0.29) is 23.0 Å². The van der Waals surface area contributed by atoms with Gasteiger partial charge in [0.15, 0.2) is 5.78 Å². The molecule has 0 aromatic heterocycles. The number of amides is 1. The zero-order chi connectivity index (χ0) is 13.3. The molecule has 0 saturated carbocycles. The average molecular weight is 252 g/mol. The minimum Gasteiger partial charge on any atom is -0.335 e. The van der Waals surface area contributed by atoms with Crippen LogP contribution in [0.1, 0.15) is 33.1 Å². The Balaban J connectivity index is 1.93. The van der Waals surface area contributed by atoms with Gasteiger partial charge in [-0.05, 0) is 39.4 Å². The van der Waals surface area contributed by atoms with Gasteiger partial charge in [-0.3, -0.25) is 9.59 Å². The third kappa shape index (κ3) is 2.74. The van der Waals surface area contributed by atoms with E-state index >= 15 is 0 Å². The first-order valence-electron chi connectivity index (χ1n) is 6.91. The second-order valence-corrected chi connectivity index (χ2v) is 6.39. The van der Waals surface area contributed by atoms with E-state index in [0.717, 1.165) is 38.9 Å². The molecule has 2 aliphatic heterocycles. The molecule has 0 unspecified atom stereocenters. The molecule has 102 valence electrons. The van der Waals surface area contributed by atoms with Crippen molar-refractivity contribution in [2.24, 2.45) is 11.3 Å². The highest BCUT2D eigenvalue weighted by Gasteiger charge is 2.37. The van der Waals surface area contributed by atoms with Crippen LogP contribution < -0.4 is 0 Å². The molecule has 0 N–H and O–H groups in total. The standard InChI is InChI=1S/C14H24N2O2/c1-14(2)6-9-16(10-12(14)17)13(18)11-4-7-15(3)8-5-11/h11H,4-10H2,1-3H3. The van der Waals surface area contributed by atoms with Crippen LogP contribution in [0.25, 0.3) is 0 Å². The second kappa shape index (κ2) is 5.00. The maximum atomic E-state index is 12.4. The molecule has 2 heterocycles. The molecule has 4 nitrogen and oxygen atoms in total. The maximum Gasteiger partial charge on any atom is 0.226 e. The Morgan fingerprint density at radius 2 is 1.83 bits per heavy atom. The fourth-order valence-electron chi connectivity index (χ4n) is 2.72. The van der Waals surface area contributed by atoms with Crippen molar-refractivity contribution in [2.45, 2.75) is 33.1 Å². The lowest BCUT2D eigenvalue weighted by Crippen LogP contribution is -2.50. The highest BCUT2D eigenvalue weighted by atomic mass is 16.2. The summed E-state index contributed by atoms with van der Waals surface area (Å²) < 4.78 is 0. The van der Waals surface area contributed by atoms with E-state index in [1.165, 1.54) is 0 Å².